The minimum Gasteiger partial charge on any atom is -0.423 e. The lowest BCUT2D eigenvalue weighted by Crippen LogP contribution is -2.35. The van der Waals surface area contributed by atoms with Gasteiger partial charge in [-0.15, -0.1) is 0 Å². The maximum Gasteiger partial charge on any atom is 0.343 e. The number of nitrogens with one attached hydrogen (secondary N) is 1. The first-order valence-electron chi connectivity index (χ1n) is 11.9. The van der Waals surface area contributed by atoms with Crippen molar-refractivity contribution < 1.29 is 13.9 Å². The fourth-order valence-electron chi connectivity index (χ4n) is 4.50. The largest absolute Gasteiger partial charge is 0.423 e. The van der Waals surface area contributed by atoms with Gasteiger partial charge < -0.3 is 15.0 Å². The Morgan fingerprint density at radius 2 is 1.78 bits per heavy atom. The van der Waals surface area contributed by atoms with E-state index in [1.54, 1.807) is 24.3 Å². The quantitative estimate of drug-likeness (QED) is 0.265. The Labute approximate surface area is 209 Å². The van der Waals surface area contributed by atoms with E-state index in [1.165, 1.54) is 17.7 Å². The number of rotatable bonds is 5. The highest BCUT2D eigenvalue weighted by Gasteiger charge is 2.28. The number of benzene rings is 3. The molecule has 1 atom stereocenters. The maximum atomic E-state index is 13.3. The Morgan fingerprint density at radius 3 is 2.53 bits per heavy atom. The molecule has 0 amide bonds. The summed E-state index contributed by atoms with van der Waals surface area (Å²) < 4.78 is 19.0. The molecule has 0 saturated carbocycles. The molecule has 3 aromatic carbocycles. The van der Waals surface area contributed by atoms with Crippen LogP contribution in [-0.2, 0) is 6.42 Å². The normalized spacial score (nSPS) is 14.8. The van der Waals surface area contributed by atoms with Gasteiger partial charge in [0.15, 0.2) is 0 Å². The highest BCUT2D eigenvalue weighted by Crippen LogP contribution is 2.37. The van der Waals surface area contributed by atoms with Gasteiger partial charge in [0.2, 0.25) is 5.95 Å². The van der Waals surface area contributed by atoms with Gasteiger partial charge in [-0.2, -0.15) is 4.98 Å². The molecule has 0 fully saturated rings. The van der Waals surface area contributed by atoms with Crippen LogP contribution < -0.4 is 15.0 Å². The van der Waals surface area contributed by atoms with Crippen LogP contribution in [0.25, 0.3) is 0 Å². The number of ether oxygens (including phenoxy) is 1. The molecule has 1 aliphatic rings. The zero-order valence-electron chi connectivity index (χ0n) is 20.5. The van der Waals surface area contributed by atoms with E-state index in [0.717, 1.165) is 35.6 Å². The minimum absolute atomic E-state index is 0.01000. The molecule has 5 rings (SSSR count). The van der Waals surface area contributed by atoms with E-state index in [1.807, 2.05) is 50.2 Å². The fourth-order valence-corrected chi connectivity index (χ4v) is 4.50. The molecule has 0 spiro atoms. The number of aromatic nitrogens is 2. The SMILES string of the molecule is Cc1nc(Nc2ccc(F)cc2)nc(N2CCc3ccc(OC(=O)c4ccccc4)cc3C2C)c1C. The summed E-state index contributed by atoms with van der Waals surface area (Å²) in [5, 5.41) is 3.19. The molecule has 1 N–H and O–H groups in total. The van der Waals surface area contributed by atoms with Gasteiger partial charge in [-0.25, -0.2) is 14.2 Å². The molecule has 0 saturated heterocycles. The second kappa shape index (κ2) is 9.77. The second-order valence-corrected chi connectivity index (χ2v) is 8.95. The van der Waals surface area contributed by atoms with Gasteiger partial charge in [-0.05, 0) is 86.8 Å². The number of halogens is 1. The van der Waals surface area contributed by atoms with E-state index in [-0.39, 0.29) is 17.8 Å². The van der Waals surface area contributed by atoms with Crippen molar-refractivity contribution in [1.29, 1.82) is 0 Å². The molecule has 0 bridgehead atoms. The number of anilines is 3. The van der Waals surface area contributed by atoms with Crippen molar-refractivity contribution in [3.8, 4) is 5.75 Å². The first-order chi connectivity index (χ1) is 17.4. The summed E-state index contributed by atoms with van der Waals surface area (Å²) in [6.07, 6.45) is 0.843. The molecule has 6 nitrogen and oxygen atoms in total. The van der Waals surface area contributed by atoms with E-state index in [2.05, 4.69) is 22.1 Å². The summed E-state index contributed by atoms with van der Waals surface area (Å²) >= 11 is 0. The van der Waals surface area contributed by atoms with Crippen molar-refractivity contribution in [2.75, 3.05) is 16.8 Å². The third-order valence-corrected chi connectivity index (χ3v) is 6.61. The summed E-state index contributed by atoms with van der Waals surface area (Å²) in [6, 6.07) is 20.9. The number of aryl methyl sites for hydroxylation is 1. The summed E-state index contributed by atoms with van der Waals surface area (Å²) in [5.74, 6) is 1.15. The Balaban J connectivity index is 1.41. The van der Waals surface area contributed by atoms with Crippen LogP contribution >= 0.6 is 0 Å². The zero-order valence-corrected chi connectivity index (χ0v) is 20.5. The summed E-state index contributed by atoms with van der Waals surface area (Å²) in [6.45, 7) is 6.90. The zero-order chi connectivity index (χ0) is 25.2. The number of hydrogen-bond donors (Lipinski definition) is 1. The predicted octanol–water partition coefficient (Wildman–Crippen LogP) is 6.32. The third-order valence-electron chi connectivity index (χ3n) is 6.61. The van der Waals surface area contributed by atoms with Crippen molar-refractivity contribution in [2.24, 2.45) is 0 Å². The van der Waals surface area contributed by atoms with Gasteiger partial charge in [0.1, 0.15) is 17.4 Å². The Bertz CT molecular complexity index is 1410. The summed E-state index contributed by atoms with van der Waals surface area (Å²) in [5.41, 5.74) is 5.43. The van der Waals surface area contributed by atoms with E-state index in [0.29, 0.717) is 22.9 Å². The van der Waals surface area contributed by atoms with E-state index < -0.39 is 0 Å². The number of hydrogen-bond acceptors (Lipinski definition) is 6. The standard InChI is InChI=1S/C29H27FN4O2/c1-18-19(2)31-29(32-24-12-10-23(30)11-13-24)33-27(18)34-16-15-21-9-14-25(17-26(21)20(34)3)36-28(35)22-7-5-4-6-8-22/h4-14,17,20H,15-16H2,1-3H3,(H,31,32,33). The minimum atomic E-state index is -0.380. The number of carbonyl (C=O) groups excluding carboxylic acids is 1. The van der Waals surface area contributed by atoms with Crippen LogP contribution in [0.15, 0.2) is 72.8 Å². The van der Waals surface area contributed by atoms with Gasteiger partial charge in [0.05, 0.1) is 11.6 Å². The van der Waals surface area contributed by atoms with Crippen LogP contribution in [0.3, 0.4) is 0 Å². The highest BCUT2D eigenvalue weighted by molar-refractivity contribution is 5.91. The monoisotopic (exact) mass is 482 g/mol. The van der Waals surface area contributed by atoms with Gasteiger partial charge in [0, 0.05) is 23.5 Å². The van der Waals surface area contributed by atoms with Crippen molar-refractivity contribution >= 4 is 23.4 Å². The maximum absolute atomic E-state index is 13.3. The first-order valence-corrected chi connectivity index (χ1v) is 11.9. The molecule has 0 radical (unpaired) electrons. The highest BCUT2D eigenvalue weighted by atomic mass is 19.1. The van der Waals surface area contributed by atoms with E-state index in [9.17, 15) is 9.18 Å². The summed E-state index contributed by atoms with van der Waals surface area (Å²) in [7, 11) is 0. The van der Waals surface area contributed by atoms with Crippen LogP contribution in [0, 0.1) is 19.7 Å². The molecular weight excluding hydrogens is 455 g/mol. The molecule has 2 heterocycles. The number of nitrogens with zero attached hydrogens (tertiary/aromatic N) is 3. The van der Waals surface area contributed by atoms with Crippen molar-refractivity contribution in [2.45, 2.75) is 33.2 Å². The van der Waals surface area contributed by atoms with Gasteiger partial charge in [-0.1, -0.05) is 24.3 Å². The van der Waals surface area contributed by atoms with Gasteiger partial charge in [-0.3, -0.25) is 0 Å². The molecule has 7 heteroatoms. The lowest BCUT2D eigenvalue weighted by Gasteiger charge is -2.37. The van der Waals surface area contributed by atoms with Crippen molar-refractivity contribution in [3.63, 3.8) is 0 Å². The Morgan fingerprint density at radius 1 is 1.03 bits per heavy atom. The number of carbonyl (C=O) groups is 1. The Hall–Kier alpha value is -4.26. The van der Waals surface area contributed by atoms with Crippen LogP contribution in [0.5, 0.6) is 5.75 Å². The summed E-state index contributed by atoms with van der Waals surface area (Å²) in [4.78, 5) is 24.2. The number of fused-ring (bicyclic) bond motifs is 1. The lowest BCUT2D eigenvalue weighted by atomic mass is 9.93. The lowest BCUT2D eigenvalue weighted by molar-refractivity contribution is 0.0734. The Kier molecular flexibility index (Phi) is 6.38. The molecule has 36 heavy (non-hydrogen) atoms. The average Bonchev–Trinajstić information content (AvgIpc) is 2.89. The van der Waals surface area contributed by atoms with Gasteiger partial charge in [0.25, 0.3) is 0 Å². The van der Waals surface area contributed by atoms with Crippen molar-refractivity contribution in [3.05, 3.63) is 107 Å². The van der Waals surface area contributed by atoms with Crippen LogP contribution in [0.1, 0.15) is 45.7 Å². The average molecular weight is 483 g/mol. The van der Waals surface area contributed by atoms with Crippen LogP contribution in [0.4, 0.5) is 21.8 Å². The molecule has 0 aliphatic carbocycles. The first kappa shape index (κ1) is 23.5. The second-order valence-electron chi connectivity index (χ2n) is 8.95. The molecule has 1 aliphatic heterocycles. The predicted molar refractivity (Wildman–Crippen MR) is 138 cm³/mol. The van der Waals surface area contributed by atoms with Crippen LogP contribution in [0.2, 0.25) is 0 Å². The smallest absolute Gasteiger partial charge is 0.343 e. The number of esters is 1. The van der Waals surface area contributed by atoms with Gasteiger partial charge >= 0.3 is 5.97 Å². The third kappa shape index (κ3) is 4.77. The molecule has 182 valence electrons. The molecule has 1 aromatic heterocycles. The van der Waals surface area contributed by atoms with Crippen LogP contribution in [-0.4, -0.2) is 22.5 Å². The van der Waals surface area contributed by atoms with E-state index >= 15 is 0 Å². The van der Waals surface area contributed by atoms with Crippen molar-refractivity contribution in [1.82, 2.24) is 9.97 Å². The molecule has 1 unspecified atom stereocenters. The molecule has 4 aromatic rings. The van der Waals surface area contributed by atoms with E-state index in [4.69, 9.17) is 9.72 Å². The molecular formula is C29H27FN4O2. The topological polar surface area (TPSA) is 67.3 Å². The fraction of sp³-hybridized carbons (Fsp3) is 0.207.